The van der Waals surface area contributed by atoms with E-state index in [2.05, 4.69) is 4.98 Å². The SMILES string of the molecule is CCN(C(=O)c1c[nH]c2cc(F)ccc12)C1CCS(=O)(=O)C1. The first-order valence-electron chi connectivity index (χ1n) is 7.19. The van der Waals surface area contributed by atoms with Crippen LogP contribution in [0.4, 0.5) is 4.39 Å². The minimum Gasteiger partial charge on any atom is -0.360 e. The van der Waals surface area contributed by atoms with Crippen LogP contribution in [-0.4, -0.2) is 48.3 Å². The molecule has 1 atom stereocenters. The number of carbonyl (C=O) groups excluding carboxylic acids is 1. The summed E-state index contributed by atoms with van der Waals surface area (Å²) in [6, 6.07) is 3.92. The molecule has 1 aromatic heterocycles. The highest BCUT2D eigenvalue weighted by Crippen LogP contribution is 2.24. The molecule has 0 bridgehead atoms. The Morgan fingerprint density at radius 3 is 2.86 bits per heavy atom. The largest absolute Gasteiger partial charge is 0.360 e. The van der Waals surface area contributed by atoms with E-state index in [0.29, 0.717) is 29.4 Å². The van der Waals surface area contributed by atoms with Crippen LogP contribution in [0.25, 0.3) is 10.9 Å². The van der Waals surface area contributed by atoms with E-state index in [4.69, 9.17) is 0 Å². The van der Waals surface area contributed by atoms with Crippen LogP contribution in [0.5, 0.6) is 0 Å². The number of aromatic nitrogens is 1. The third-order valence-corrected chi connectivity index (χ3v) is 5.88. The molecule has 1 saturated heterocycles. The van der Waals surface area contributed by atoms with Gasteiger partial charge in [-0.3, -0.25) is 4.79 Å². The lowest BCUT2D eigenvalue weighted by atomic mass is 10.1. The highest BCUT2D eigenvalue weighted by Gasteiger charge is 2.34. The molecule has 22 heavy (non-hydrogen) atoms. The fourth-order valence-corrected chi connectivity index (χ4v) is 4.75. The molecular weight excluding hydrogens is 307 g/mol. The van der Waals surface area contributed by atoms with Crippen LogP contribution in [-0.2, 0) is 9.84 Å². The predicted molar refractivity (Wildman–Crippen MR) is 82.0 cm³/mol. The summed E-state index contributed by atoms with van der Waals surface area (Å²) in [6.45, 7) is 2.27. The van der Waals surface area contributed by atoms with E-state index in [9.17, 15) is 17.6 Å². The highest BCUT2D eigenvalue weighted by molar-refractivity contribution is 7.91. The van der Waals surface area contributed by atoms with Crippen LogP contribution < -0.4 is 0 Å². The van der Waals surface area contributed by atoms with E-state index in [-0.39, 0.29) is 29.3 Å². The molecule has 1 fully saturated rings. The average Bonchev–Trinajstić information content (AvgIpc) is 3.02. The van der Waals surface area contributed by atoms with Crippen molar-refractivity contribution in [3.63, 3.8) is 0 Å². The number of halogens is 1. The Labute approximate surface area is 128 Å². The predicted octanol–water partition coefficient (Wildman–Crippen LogP) is 1.96. The van der Waals surface area contributed by atoms with Crippen molar-refractivity contribution in [1.82, 2.24) is 9.88 Å². The Morgan fingerprint density at radius 1 is 1.45 bits per heavy atom. The Morgan fingerprint density at radius 2 is 2.23 bits per heavy atom. The molecule has 7 heteroatoms. The molecule has 1 aliphatic rings. The summed E-state index contributed by atoms with van der Waals surface area (Å²) in [5.41, 5.74) is 1.000. The van der Waals surface area contributed by atoms with Gasteiger partial charge in [-0.25, -0.2) is 12.8 Å². The number of rotatable bonds is 3. The zero-order chi connectivity index (χ0) is 15.9. The number of nitrogens with zero attached hydrogens (tertiary/aromatic N) is 1. The van der Waals surface area contributed by atoms with E-state index in [1.165, 1.54) is 12.1 Å². The molecule has 2 heterocycles. The Kier molecular flexibility index (Phi) is 3.68. The molecule has 2 aromatic rings. The van der Waals surface area contributed by atoms with Gasteiger partial charge in [0.1, 0.15) is 5.82 Å². The van der Waals surface area contributed by atoms with Gasteiger partial charge in [-0.05, 0) is 31.5 Å². The molecule has 0 saturated carbocycles. The number of sulfone groups is 1. The average molecular weight is 324 g/mol. The molecule has 5 nitrogen and oxygen atoms in total. The van der Waals surface area contributed by atoms with Crippen molar-refractivity contribution in [2.45, 2.75) is 19.4 Å². The van der Waals surface area contributed by atoms with Crippen molar-refractivity contribution in [2.24, 2.45) is 0 Å². The van der Waals surface area contributed by atoms with Crippen LogP contribution in [0.3, 0.4) is 0 Å². The lowest BCUT2D eigenvalue weighted by Gasteiger charge is -2.26. The number of fused-ring (bicyclic) bond motifs is 1. The van der Waals surface area contributed by atoms with E-state index < -0.39 is 9.84 Å². The maximum Gasteiger partial charge on any atom is 0.256 e. The van der Waals surface area contributed by atoms with E-state index in [0.717, 1.165) is 0 Å². The van der Waals surface area contributed by atoms with Gasteiger partial charge in [0.25, 0.3) is 5.91 Å². The van der Waals surface area contributed by atoms with Crippen LogP contribution in [0.2, 0.25) is 0 Å². The Bertz CT molecular complexity index is 828. The molecule has 0 radical (unpaired) electrons. The van der Waals surface area contributed by atoms with E-state index >= 15 is 0 Å². The smallest absolute Gasteiger partial charge is 0.256 e. The summed E-state index contributed by atoms with van der Waals surface area (Å²) in [5, 5.41) is 0.644. The van der Waals surface area contributed by atoms with Crippen molar-refractivity contribution < 1.29 is 17.6 Å². The van der Waals surface area contributed by atoms with Gasteiger partial charge >= 0.3 is 0 Å². The first kappa shape index (κ1) is 15.0. The summed E-state index contributed by atoms with van der Waals surface area (Å²) in [7, 11) is -3.05. The number of benzene rings is 1. The molecule has 3 rings (SSSR count). The molecular formula is C15H17FN2O3S. The number of hydrogen-bond donors (Lipinski definition) is 1. The van der Waals surface area contributed by atoms with Gasteiger partial charge in [0.2, 0.25) is 0 Å². The van der Waals surface area contributed by atoms with Crippen LogP contribution >= 0.6 is 0 Å². The van der Waals surface area contributed by atoms with Gasteiger partial charge in [-0.15, -0.1) is 0 Å². The summed E-state index contributed by atoms with van der Waals surface area (Å²) >= 11 is 0. The quantitative estimate of drug-likeness (QED) is 0.938. The van der Waals surface area contributed by atoms with Gasteiger partial charge in [0.15, 0.2) is 9.84 Å². The van der Waals surface area contributed by atoms with Gasteiger partial charge in [-0.2, -0.15) is 0 Å². The standard InChI is InChI=1S/C15H17FN2O3S/c1-2-18(11-5-6-22(20,21)9-11)15(19)13-8-17-14-7-10(16)3-4-12(13)14/h3-4,7-8,11,17H,2,5-6,9H2,1H3. The Balaban J connectivity index is 1.93. The second kappa shape index (κ2) is 5.39. The molecule has 0 aliphatic carbocycles. The minimum absolute atomic E-state index is 0.0174. The van der Waals surface area contributed by atoms with Crippen molar-refractivity contribution in [1.29, 1.82) is 0 Å². The summed E-state index contributed by atoms with van der Waals surface area (Å²) in [4.78, 5) is 17.2. The fourth-order valence-electron chi connectivity index (χ4n) is 3.02. The van der Waals surface area contributed by atoms with Crippen molar-refractivity contribution in [3.05, 3.63) is 35.8 Å². The second-order valence-electron chi connectivity index (χ2n) is 5.54. The Hall–Kier alpha value is -1.89. The van der Waals surface area contributed by atoms with Crippen molar-refractivity contribution in [3.8, 4) is 0 Å². The number of aromatic amines is 1. The van der Waals surface area contributed by atoms with Gasteiger partial charge in [-0.1, -0.05) is 0 Å². The summed E-state index contributed by atoms with van der Waals surface area (Å²) in [5.74, 6) is -0.450. The van der Waals surface area contributed by atoms with Crippen molar-refractivity contribution >= 4 is 26.6 Å². The topological polar surface area (TPSA) is 70.2 Å². The maximum absolute atomic E-state index is 13.2. The fraction of sp³-hybridized carbons (Fsp3) is 0.400. The molecule has 1 aromatic carbocycles. The second-order valence-corrected chi connectivity index (χ2v) is 7.77. The first-order valence-corrected chi connectivity index (χ1v) is 9.01. The first-order chi connectivity index (χ1) is 10.4. The van der Waals surface area contributed by atoms with Gasteiger partial charge < -0.3 is 9.88 Å². The molecule has 1 amide bonds. The monoisotopic (exact) mass is 324 g/mol. The lowest BCUT2D eigenvalue weighted by Crippen LogP contribution is -2.40. The number of carbonyl (C=O) groups is 1. The zero-order valence-electron chi connectivity index (χ0n) is 12.2. The number of H-pyrrole nitrogens is 1. The zero-order valence-corrected chi connectivity index (χ0v) is 13.0. The molecule has 118 valence electrons. The molecule has 1 unspecified atom stereocenters. The van der Waals surface area contributed by atoms with Gasteiger partial charge in [0.05, 0.1) is 17.1 Å². The summed E-state index contributed by atoms with van der Waals surface area (Å²) in [6.07, 6.45) is 2.03. The van der Waals surface area contributed by atoms with Crippen LogP contribution in [0, 0.1) is 5.82 Å². The number of hydrogen-bond acceptors (Lipinski definition) is 3. The third-order valence-electron chi connectivity index (χ3n) is 4.12. The normalized spacial score (nSPS) is 20.4. The highest BCUT2D eigenvalue weighted by atomic mass is 32.2. The van der Waals surface area contributed by atoms with Crippen LogP contribution in [0.15, 0.2) is 24.4 Å². The van der Waals surface area contributed by atoms with E-state index in [1.54, 1.807) is 17.2 Å². The van der Waals surface area contributed by atoms with Gasteiger partial charge in [0, 0.05) is 29.7 Å². The van der Waals surface area contributed by atoms with E-state index in [1.807, 2.05) is 6.92 Å². The lowest BCUT2D eigenvalue weighted by molar-refractivity contribution is 0.0710. The maximum atomic E-state index is 13.2. The minimum atomic E-state index is -3.05. The van der Waals surface area contributed by atoms with Crippen molar-refractivity contribution in [2.75, 3.05) is 18.1 Å². The number of amides is 1. The molecule has 1 aliphatic heterocycles. The number of nitrogens with one attached hydrogen (secondary N) is 1. The molecule has 0 spiro atoms. The molecule has 1 N–H and O–H groups in total. The summed E-state index contributed by atoms with van der Waals surface area (Å²) < 4.78 is 36.5. The van der Waals surface area contributed by atoms with Crippen LogP contribution in [0.1, 0.15) is 23.7 Å². The third kappa shape index (κ3) is 2.61.